The van der Waals surface area contributed by atoms with E-state index in [9.17, 15) is 0 Å². The number of aliphatic imine (C=N–C) groups is 1. The third-order valence-electron chi connectivity index (χ3n) is 3.06. The number of aromatic nitrogens is 1. The number of nitrogens with zero attached hydrogens (tertiary/aromatic N) is 3. The SMILES string of the molecule is CC1(C)N=C(Oc2ncccc2N)c2cc(C#N)ccc2O1. The van der Waals surface area contributed by atoms with Crippen LogP contribution in [0.4, 0.5) is 5.69 Å². The number of nitrogens with two attached hydrogens (primary N) is 1. The molecule has 1 aromatic heterocycles. The Kier molecular flexibility index (Phi) is 3.18. The van der Waals surface area contributed by atoms with Gasteiger partial charge >= 0.3 is 0 Å². The molecule has 1 aromatic carbocycles. The number of hydrogen-bond donors (Lipinski definition) is 1. The van der Waals surface area contributed by atoms with Crippen LogP contribution in [0.2, 0.25) is 0 Å². The van der Waals surface area contributed by atoms with Gasteiger partial charge in [-0.1, -0.05) is 0 Å². The van der Waals surface area contributed by atoms with E-state index in [-0.39, 0.29) is 5.88 Å². The Bertz CT molecular complexity index is 806. The molecule has 0 radical (unpaired) electrons. The minimum atomic E-state index is -0.778. The van der Waals surface area contributed by atoms with Gasteiger partial charge in [-0.05, 0) is 44.2 Å². The molecule has 0 unspecified atom stereocenters. The highest BCUT2D eigenvalue weighted by atomic mass is 16.5. The van der Waals surface area contributed by atoms with Gasteiger partial charge in [0.15, 0.2) is 5.72 Å². The molecular formula is C16H14N4O2. The summed E-state index contributed by atoms with van der Waals surface area (Å²) in [6.45, 7) is 3.64. The third kappa shape index (κ3) is 2.56. The lowest BCUT2D eigenvalue weighted by molar-refractivity contribution is 0.112. The number of hydrogen-bond acceptors (Lipinski definition) is 6. The summed E-state index contributed by atoms with van der Waals surface area (Å²) in [6.07, 6.45) is 1.59. The predicted octanol–water partition coefficient (Wildman–Crippen LogP) is 2.49. The maximum atomic E-state index is 9.06. The number of pyridine rings is 1. The van der Waals surface area contributed by atoms with Crippen molar-refractivity contribution >= 4 is 11.6 Å². The van der Waals surface area contributed by atoms with Crippen molar-refractivity contribution in [3.63, 3.8) is 0 Å². The molecule has 0 saturated heterocycles. The summed E-state index contributed by atoms with van der Waals surface area (Å²) in [5.41, 5.74) is 6.58. The Morgan fingerprint density at radius 2 is 2.14 bits per heavy atom. The Labute approximate surface area is 127 Å². The first-order chi connectivity index (χ1) is 10.5. The summed E-state index contributed by atoms with van der Waals surface area (Å²) in [5.74, 6) is 1.20. The summed E-state index contributed by atoms with van der Waals surface area (Å²) >= 11 is 0. The van der Waals surface area contributed by atoms with Gasteiger partial charge in [0, 0.05) is 6.20 Å². The Morgan fingerprint density at radius 3 is 2.86 bits per heavy atom. The van der Waals surface area contributed by atoms with Crippen LogP contribution in [0, 0.1) is 11.3 Å². The van der Waals surface area contributed by atoms with E-state index in [1.807, 2.05) is 13.8 Å². The summed E-state index contributed by atoms with van der Waals surface area (Å²) in [6, 6.07) is 10.6. The molecule has 0 atom stereocenters. The second kappa shape index (κ2) is 5.04. The van der Waals surface area contributed by atoms with E-state index in [4.69, 9.17) is 20.5 Å². The molecular weight excluding hydrogens is 280 g/mol. The molecule has 0 aliphatic carbocycles. The Balaban J connectivity index is 2.07. The van der Waals surface area contributed by atoms with Crippen LogP contribution in [0.5, 0.6) is 11.6 Å². The first-order valence-corrected chi connectivity index (χ1v) is 6.70. The molecule has 0 amide bonds. The minimum absolute atomic E-state index is 0.271. The van der Waals surface area contributed by atoms with Crippen molar-refractivity contribution in [1.29, 1.82) is 5.26 Å². The van der Waals surface area contributed by atoms with Crippen LogP contribution < -0.4 is 15.2 Å². The molecule has 1 aliphatic rings. The number of benzene rings is 1. The lowest BCUT2D eigenvalue weighted by Crippen LogP contribution is -2.34. The van der Waals surface area contributed by atoms with Crippen molar-refractivity contribution in [2.24, 2.45) is 4.99 Å². The summed E-state index contributed by atoms with van der Waals surface area (Å²) in [4.78, 5) is 8.54. The monoisotopic (exact) mass is 294 g/mol. The number of nitrogen functional groups attached to an aromatic ring is 1. The Hall–Kier alpha value is -3.07. The zero-order valence-electron chi connectivity index (χ0n) is 12.2. The largest absolute Gasteiger partial charge is 0.466 e. The minimum Gasteiger partial charge on any atom is -0.466 e. The van der Waals surface area contributed by atoms with Gasteiger partial charge in [0.25, 0.3) is 0 Å². The van der Waals surface area contributed by atoms with Crippen molar-refractivity contribution in [1.82, 2.24) is 4.98 Å². The number of ether oxygens (including phenoxy) is 2. The van der Waals surface area contributed by atoms with Crippen LogP contribution in [0.25, 0.3) is 0 Å². The van der Waals surface area contributed by atoms with Crippen LogP contribution in [0.1, 0.15) is 25.0 Å². The lowest BCUT2D eigenvalue weighted by Gasteiger charge is -2.29. The fourth-order valence-corrected chi connectivity index (χ4v) is 2.11. The topological polar surface area (TPSA) is 93.5 Å². The summed E-state index contributed by atoms with van der Waals surface area (Å²) < 4.78 is 11.6. The number of fused-ring (bicyclic) bond motifs is 1. The molecule has 22 heavy (non-hydrogen) atoms. The van der Waals surface area contributed by atoms with Gasteiger partial charge in [0.05, 0.1) is 22.9 Å². The van der Waals surface area contributed by atoms with E-state index in [0.29, 0.717) is 28.5 Å². The highest BCUT2D eigenvalue weighted by Crippen LogP contribution is 2.32. The first-order valence-electron chi connectivity index (χ1n) is 6.70. The third-order valence-corrected chi connectivity index (χ3v) is 3.06. The second-order valence-corrected chi connectivity index (χ2v) is 5.29. The molecule has 2 aromatic rings. The molecule has 0 saturated carbocycles. The van der Waals surface area contributed by atoms with Crippen molar-refractivity contribution in [2.75, 3.05) is 5.73 Å². The predicted molar refractivity (Wildman–Crippen MR) is 81.7 cm³/mol. The van der Waals surface area contributed by atoms with Gasteiger partial charge in [0.2, 0.25) is 11.8 Å². The van der Waals surface area contributed by atoms with Crippen molar-refractivity contribution in [3.8, 4) is 17.7 Å². The van der Waals surface area contributed by atoms with Gasteiger partial charge < -0.3 is 15.2 Å². The smallest absolute Gasteiger partial charge is 0.244 e. The van der Waals surface area contributed by atoms with Crippen molar-refractivity contribution < 1.29 is 9.47 Å². The van der Waals surface area contributed by atoms with Crippen LogP contribution in [-0.2, 0) is 0 Å². The second-order valence-electron chi connectivity index (χ2n) is 5.29. The molecule has 6 heteroatoms. The molecule has 2 heterocycles. The molecule has 0 fully saturated rings. The molecule has 2 N–H and O–H groups in total. The fourth-order valence-electron chi connectivity index (χ4n) is 2.11. The van der Waals surface area contributed by atoms with E-state index in [1.165, 1.54) is 0 Å². The summed E-state index contributed by atoms with van der Waals surface area (Å²) in [5, 5.41) is 9.06. The lowest BCUT2D eigenvalue weighted by atomic mass is 10.1. The number of anilines is 1. The van der Waals surface area contributed by atoms with Gasteiger partial charge in [-0.3, -0.25) is 0 Å². The summed E-state index contributed by atoms with van der Waals surface area (Å²) in [7, 11) is 0. The maximum Gasteiger partial charge on any atom is 0.244 e. The highest BCUT2D eigenvalue weighted by Gasteiger charge is 2.30. The average molecular weight is 294 g/mol. The number of nitriles is 1. The van der Waals surface area contributed by atoms with Crippen molar-refractivity contribution in [2.45, 2.75) is 19.6 Å². The highest BCUT2D eigenvalue weighted by molar-refractivity contribution is 5.99. The van der Waals surface area contributed by atoms with Crippen LogP contribution in [0.15, 0.2) is 41.5 Å². The molecule has 3 rings (SSSR count). The molecule has 0 spiro atoms. The van der Waals surface area contributed by atoms with Gasteiger partial charge in [-0.2, -0.15) is 5.26 Å². The van der Waals surface area contributed by atoms with Crippen molar-refractivity contribution in [3.05, 3.63) is 47.7 Å². The molecule has 110 valence electrons. The standard InChI is InChI=1S/C16H14N4O2/c1-16(2)20-14(21-15-12(18)4-3-7-19-15)11-8-10(9-17)5-6-13(11)22-16/h3-8H,18H2,1-2H3. The van der Waals surface area contributed by atoms with E-state index in [1.54, 1.807) is 36.5 Å². The zero-order chi connectivity index (χ0) is 15.7. The number of rotatable bonds is 1. The van der Waals surface area contributed by atoms with Crippen LogP contribution in [-0.4, -0.2) is 16.6 Å². The molecule has 1 aliphatic heterocycles. The Morgan fingerprint density at radius 1 is 1.32 bits per heavy atom. The van der Waals surface area contributed by atoms with Gasteiger partial charge in [-0.15, -0.1) is 0 Å². The normalized spacial score (nSPS) is 15.0. The van der Waals surface area contributed by atoms with E-state index >= 15 is 0 Å². The fraction of sp³-hybridized carbons (Fsp3) is 0.188. The van der Waals surface area contributed by atoms with Gasteiger partial charge in [-0.25, -0.2) is 9.98 Å². The molecule has 0 bridgehead atoms. The molecule has 6 nitrogen and oxygen atoms in total. The van der Waals surface area contributed by atoms with Crippen LogP contribution in [0.3, 0.4) is 0 Å². The van der Waals surface area contributed by atoms with E-state index < -0.39 is 5.72 Å². The first kappa shape index (κ1) is 13.9. The van der Waals surface area contributed by atoms with E-state index in [2.05, 4.69) is 16.0 Å². The zero-order valence-corrected chi connectivity index (χ0v) is 12.2. The van der Waals surface area contributed by atoms with Gasteiger partial charge in [0.1, 0.15) is 5.75 Å². The van der Waals surface area contributed by atoms with Crippen LogP contribution >= 0.6 is 0 Å². The average Bonchev–Trinajstić information content (AvgIpc) is 2.48. The maximum absolute atomic E-state index is 9.06. The quantitative estimate of drug-likeness (QED) is 0.872. The van der Waals surface area contributed by atoms with E-state index in [0.717, 1.165) is 0 Å².